The third kappa shape index (κ3) is 1.60. The molecule has 1 N–H and O–H groups in total. The summed E-state index contributed by atoms with van der Waals surface area (Å²) in [5.41, 5.74) is 1.16. The SMILES string of the molecule is C[C@H]1[C@H](O)CO[C@@H]1c1ccccc1. The number of benzene rings is 1. The van der Waals surface area contributed by atoms with Crippen LogP contribution in [0.3, 0.4) is 0 Å². The molecule has 0 bridgehead atoms. The first-order valence-corrected chi connectivity index (χ1v) is 4.63. The summed E-state index contributed by atoms with van der Waals surface area (Å²) in [5.74, 6) is 0.197. The van der Waals surface area contributed by atoms with E-state index in [9.17, 15) is 5.11 Å². The molecular formula is C11H14O2. The lowest BCUT2D eigenvalue weighted by Gasteiger charge is -2.15. The van der Waals surface area contributed by atoms with Gasteiger partial charge < -0.3 is 9.84 Å². The van der Waals surface area contributed by atoms with E-state index in [1.807, 2.05) is 37.3 Å². The molecule has 2 heteroatoms. The van der Waals surface area contributed by atoms with Gasteiger partial charge in [-0.3, -0.25) is 0 Å². The summed E-state index contributed by atoms with van der Waals surface area (Å²) in [6.45, 7) is 2.48. The molecule has 0 aromatic heterocycles. The van der Waals surface area contributed by atoms with Gasteiger partial charge >= 0.3 is 0 Å². The van der Waals surface area contributed by atoms with Gasteiger partial charge in [-0.25, -0.2) is 0 Å². The van der Waals surface area contributed by atoms with Gasteiger partial charge in [0, 0.05) is 5.92 Å². The molecule has 1 aliphatic rings. The zero-order valence-electron chi connectivity index (χ0n) is 7.68. The molecular weight excluding hydrogens is 164 g/mol. The minimum Gasteiger partial charge on any atom is -0.390 e. The smallest absolute Gasteiger partial charge is 0.0877 e. The number of hydrogen-bond acceptors (Lipinski definition) is 2. The van der Waals surface area contributed by atoms with E-state index in [1.54, 1.807) is 0 Å². The van der Waals surface area contributed by atoms with Gasteiger partial charge in [-0.15, -0.1) is 0 Å². The highest BCUT2D eigenvalue weighted by Gasteiger charge is 2.33. The molecule has 1 aromatic rings. The maximum atomic E-state index is 9.50. The van der Waals surface area contributed by atoms with Gasteiger partial charge in [0.05, 0.1) is 18.8 Å². The Balaban J connectivity index is 2.19. The second-order valence-electron chi connectivity index (χ2n) is 3.59. The predicted octanol–water partition coefficient (Wildman–Crippen LogP) is 1.75. The first-order valence-electron chi connectivity index (χ1n) is 4.63. The summed E-state index contributed by atoms with van der Waals surface area (Å²) in [6, 6.07) is 10.1. The van der Waals surface area contributed by atoms with E-state index in [0.717, 1.165) is 5.56 Å². The first kappa shape index (κ1) is 8.73. The van der Waals surface area contributed by atoms with E-state index in [2.05, 4.69) is 0 Å². The van der Waals surface area contributed by atoms with Crippen LogP contribution in [0.5, 0.6) is 0 Å². The van der Waals surface area contributed by atoms with Gasteiger partial charge in [-0.1, -0.05) is 37.3 Å². The average Bonchev–Trinajstić information content (AvgIpc) is 2.49. The Labute approximate surface area is 78.2 Å². The van der Waals surface area contributed by atoms with E-state index in [4.69, 9.17) is 4.74 Å². The van der Waals surface area contributed by atoms with Gasteiger partial charge in [-0.2, -0.15) is 0 Å². The molecule has 0 amide bonds. The molecule has 70 valence electrons. The minimum absolute atomic E-state index is 0.0659. The van der Waals surface area contributed by atoms with Crippen LogP contribution in [-0.2, 0) is 4.74 Å². The topological polar surface area (TPSA) is 29.5 Å². The van der Waals surface area contributed by atoms with Crippen molar-refractivity contribution in [2.75, 3.05) is 6.61 Å². The molecule has 0 spiro atoms. The highest BCUT2D eigenvalue weighted by Crippen LogP contribution is 2.33. The number of aliphatic hydroxyl groups excluding tert-OH is 1. The van der Waals surface area contributed by atoms with Crippen LogP contribution < -0.4 is 0 Å². The Morgan fingerprint density at radius 3 is 2.54 bits per heavy atom. The van der Waals surface area contributed by atoms with Crippen molar-refractivity contribution in [2.45, 2.75) is 19.1 Å². The normalized spacial score (nSPS) is 33.5. The molecule has 1 heterocycles. The molecule has 1 aromatic carbocycles. The minimum atomic E-state index is -0.315. The molecule has 2 nitrogen and oxygen atoms in total. The van der Waals surface area contributed by atoms with Crippen molar-refractivity contribution in [2.24, 2.45) is 5.92 Å². The van der Waals surface area contributed by atoms with Crippen molar-refractivity contribution >= 4 is 0 Å². The van der Waals surface area contributed by atoms with E-state index in [0.29, 0.717) is 6.61 Å². The summed E-state index contributed by atoms with van der Waals surface area (Å²) in [6.07, 6.45) is -0.249. The lowest BCUT2D eigenvalue weighted by molar-refractivity contribution is 0.0866. The zero-order chi connectivity index (χ0) is 9.26. The van der Waals surface area contributed by atoms with Crippen LogP contribution in [0, 0.1) is 5.92 Å². The molecule has 2 rings (SSSR count). The fourth-order valence-electron chi connectivity index (χ4n) is 1.75. The number of aliphatic hydroxyl groups is 1. The third-order valence-electron chi connectivity index (χ3n) is 2.66. The molecule has 0 saturated carbocycles. The summed E-state index contributed by atoms with van der Waals surface area (Å²) < 4.78 is 5.51. The maximum absolute atomic E-state index is 9.50. The van der Waals surface area contributed by atoms with Crippen molar-refractivity contribution < 1.29 is 9.84 Å². The van der Waals surface area contributed by atoms with Crippen LogP contribution in [0.1, 0.15) is 18.6 Å². The molecule has 3 atom stereocenters. The van der Waals surface area contributed by atoms with E-state index < -0.39 is 0 Å². The highest BCUT2D eigenvalue weighted by molar-refractivity contribution is 5.19. The van der Waals surface area contributed by atoms with Crippen molar-refractivity contribution in [3.63, 3.8) is 0 Å². The first-order chi connectivity index (χ1) is 6.29. The molecule has 0 aliphatic carbocycles. The van der Waals surface area contributed by atoms with Gasteiger partial charge in [-0.05, 0) is 5.56 Å². The van der Waals surface area contributed by atoms with E-state index in [-0.39, 0.29) is 18.1 Å². The monoisotopic (exact) mass is 178 g/mol. The fraction of sp³-hybridized carbons (Fsp3) is 0.455. The number of ether oxygens (including phenoxy) is 1. The summed E-state index contributed by atoms with van der Waals surface area (Å²) in [4.78, 5) is 0. The Morgan fingerprint density at radius 1 is 1.31 bits per heavy atom. The second kappa shape index (κ2) is 3.48. The average molecular weight is 178 g/mol. The maximum Gasteiger partial charge on any atom is 0.0877 e. The zero-order valence-corrected chi connectivity index (χ0v) is 7.68. The molecule has 0 radical (unpaired) electrons. The van der Waals surface area contributed by atoms with Gasteiger partial charge in [0.1, 0.15) is 0 Å². The molecule has 1 aliphatic heterocycles. The number of hydrogen-bond donors (Lipinski definition) is 1. The Morgan fingerprint density at radius 2 is 2.00 bits per heavy atom. The second-order valence-corrected chi connectivity index (χ2v) is 3.59. The standard InChI is InChI=1S/C11H14O2/c1-8-10(12)7-13-11(8)9-5-3-2-4-6-9/h2-6,8,10-12H,7H2,1H3/t8-,10+,11-/m0/s1. The van der Waals surface area contributed by atoms with Crippen molar-refractivity contribution in [3.05, 3.63) is 35.9 Å². The van der Waals surface area contributed by atoms with Crippen molar-refractivity contribution in [3.8, 4) is 0 Å². The van der Waals surface area contributed by atoms with Crippen LogP contribution in [0.15, 0.2) is 30.3 Å². The van der Waals surface area contributed by atoms with Crippen LogP contribution in [0.4, 0.5) is 0 Å². The van der Waals surface area contributed by atoms with E-state index >= 15 is 0 Å². The lowest BCUT2D eigenvalue weighted by Crippen LogP contribution is -2.15. The Kier molecular flexibility index (Phi) is 2.34. The Bertz CT molecular complexity index is 271. The van der Waals surface area contributed by atoms with Gasteiger partial charge in [0.15, 0.2) is 0 Å². The molecule has 1 saturated heterocycles. The molecule has 0 unspecified atom stereocenters. The molecule has 1 fully saturated rings. The largest absolute Gasteiger partial charge is 0.390 e. The highest BCUT2D eigenvalue weighted by atomic mass is 16.5. The summed E-state index contributed by atoms with van der Waals surface area (Å²) in [7, 11) is 0. The van der Waals surface area contributed by atoms with Crippen molar-refractivity contribution in [1.82, 2.24) is 0 Å². The Hall–Kier alpha value is -0.860. The van der Waals surface area contributed by atoms with E-state index in [1.165, 1.54) is 0 Å². The summed E-state index contributed by atoms with van der Waals surface area (Å²) >= 11 is 0. The number of rotatable bonds is 1. The van der Waals surface area contributed by atoms with Crippen molar-refractivity contribution in [1.29, 1.82) is 0 Å². The van der Waals surface area contributed by atoms with Crippen LogP contribution in [-0.4, -0.2) is 17.8 Å². The molecule has 13 heavy (non-hydrogen) atoms. The quantitative estimate of drug-likeness (QED) is 0.710. The third-order valence-corrected chi connectivity index (χ3v) is 2.66. The van der Waals surface area contributed by atoms with Crippen LogP contribution >= 0.6 is 0 Å². The lowest BCUT2D eigenvalue weighted by atomic mass is 9.96. The van der Waals surface area contributed by atoms with Gasteiger partial charge in [0.2, 0.25) is 0 Å². The fourth-order valence-corrected chi connectivity index (χ4v) is 1.75. The predicted molar refractivity (Wildman–Crippen MR) is 50.3 cm³/mol. The van der Waals surface area contributed by atoms with Crippen LogP contribution in [0.25, 0.3) is 0 Å². The summed E-state index contributed by atoms with van der Waals surface area (Å²) in [5, 5.41) is 9.50. The van der Waals surface area contributed by atoms with Gasteiger partial charge in [0.25, 0.3) is 0 Å². The van der Waals surface area contributed by atoms with Crippen LogP contribution in [0.2, 0.25) is 0 Å².